The van der Waals surface area contributed by atoms with Crippen LogP contribution in [0.2, 0.25) is 0 Å². The second kappa shape index (κ2) is 14.4. The first-order valence-electron chi connectivity index (χ1n) is 17.1. The van der Waals surface area contributed by atoms with Gasteiger partial charge in [-0.3, -0.25) is 9.59 Å². The van der Waals surface area contributed by atoms with E-state index in [2.05, 4.69) is 26.6 Å². The molecular weight excluding hydrogens is 704 g/mol. The molecule has 1 aromatic heterocycles. The number of halogens is 1. The van der Waals surface area contributed by atoms with Gasteiger partial charge in [-0.05, 0) is 58.6 Å². The molecule has 3 aromatic rings. The van der Waals surface area contributed by atoms with Gasteiger partial charge in [0.05, 0.1) is 6.04 Å². The minimum absolute atomic E-state index is 0.0789. The molecule has 3 aliphatic rings. The fourth-order valence-electron chi connectivity index (χ4n) is 6.77. The van der Waals surface area contributed by atoms with Crippen molar-refractivity contribution in [2.24, 2.45) is 5.92 Å². The van der Waals surface area contributed by atoms with Gasteiger partial charge in [-0.15, -0.1) is 0 Å². The van der Waals surface area contributed by atoms with Crippen molar-refractivity contribution in [3.63, 3.8) is 0 Å². The van der Waals surface area contributed by atoms with E-state index in [1.807, 2.05) is 66.7 Å². The minimum Gasteiger partial charge on any atom is -0.479 e. The highest BCUT2D eigenvalue weighted by Crippen LogP contribution is 2.45. The van der Waals surface area contributed by atoms with Crippen LogP contribution in [0.5, 0.6) is 0 Å². The lowest BCUT2D eigenvalue weighted by Gasteiger charge is -2.30. The first-order chi connectivity index (χ1) is 23.8. The summed E-state index contributed by atoms with van der Waals surface area (Å²) in [4.78, 5) is 57.0. The number of nitrogens with zero attached hydrogens (tertiary/aromatic N) is 4. The Hall–Kier alpha value is -4.52. The van der Waals surface area contributed by atoms with Crippen LogP contribution in [0.1, 0.15) is 71.8 Å². The normalized spacial score (nSPS) is 25.8. The molecule has 3 heterocycles. The molecule has 1 saturated carbocycles. The molecule has 50 heavy (non-hydrogen) atoms. The fraction of sp³-hybridized carbons (Fsp3) is 0.459. The summed E-state index contributed by atoms with van der Waals surface area (Å²) in [5, 5.41) is 25.6. The maximum absolute atomic E-state index is 14.4. The van der Waals surface area contributed by atoms with Crippen LogP contribution < -0.4 is 10.6 Å². The Morgan fingerprint density at radius 3 is 2.34 bits per heavy atom. The smallest absolute Gasteiger partial charge is 0.408 e. The number of aromatic nitrogens is 3. The van der Waals surface area contributed by atoms with E-state index in [4.69, 9.17) is 14.9 Å². The highest BCUT2D eigenvalue weighted by Gasteiger charge is 2.61. The molecule has 264 valence electrons. The lowest BCUT2D eigenvalue weighted by molar-refractivity contribution is -0.145. The highest BCUT2D eigenvalue weighted by atomic mass is 79.9. The summed E-state index contributed by atoms with van der Waals surface area (Å²) in [6, 6.07) is 14.9. The Balaban J connectivity index is 1.36. The van der Waals surface area contributed by atoms with Crippen molar-refractivity contribution in [1.82, 2.24) is 30.5 Å². The number of alkyl carbamates (subject to hydrolysis) is 1. The first-order valence-corrected chi connectivity index (χ1v) is 17.9. The Bertz CT molecular complexity index is 1770. The average molecular weight is 748 g/mol. The van der Waals surface area contributed by atoms with Crippen molar-refractivity contribution in [2.75, 3.05) is 6.54 Å². The third-order valence-corrected chi connectivity index (χ3v) is 9.98. The van der Waals surface area contributed by atoms with Gasteiger partial charge in [0, 0.05) is 34.5 Å². The van der Waals surface area contributed by atoms with Gasteiger partial charge in [0.1, 0.15) is 34.6 Å². The summed E-state index contributed by atoms with van der Waals surface area (Å²) in [6.45, 7) is 5.32. The van der Waals surface area contributed by atoms with Crippen LogP contribution in [0.4, 0.5) is 4.79 Å². The summed E-state index contributed by atoms with van der Waals surface area (Å²) in [6.07, 6.45) is 6.95. The number of carbonyl (C=O) groups is 4. The van der Waals surface area contributed by atoms with Crippen molar-refractivity contribution in [3.05, 3.63) is 71.2 Å². The molecule has 13 heteroatoms. The topological polar surface area (TPSA) is 156 Å². The maximum Gasteiger partial charge on any atom is 0.408 e. The average Bonchev–Trinajstić information content (AvgIpc) is 3.38. The SMILES string of the molecule is CC(C)(C)OC(=O)N[C@H]1CCCCCC=C[C@@H]2C[C@@]2(C(=O)O)NC(=O)[C@@H]2C[C@H](n3nc(-c4ccccc4)c(-c4ccc(Br)cc4)n3)CN2C1=O. The lowest BCUT2D eigenvalue weighted by atomic mass is 10.0. The molecule has 0 bridgehead atoms. The number of ether oxygens (including phenoxy) is 1. The van der Waals surface area contributed by atoms with E-state index in [1.54, 1.807) is 25.6 Å². The van der Waals surface area contributed by atoms with Crippen LogP contribution in [0.3, 0.4) is 0 Å². The third kappa shape index (κ3) is 7.77. The summed E-state index contributed by atoms with van der Waals surface area (Å²) in [5.74, 6) is -2.45. The summed E-state index contributed by atoms with van der Waals surface area (Å²) in [5.41, 5.74) is 0.782. The molecule has 0 unspecified atom stereocenters. The Labute approximate surface area is 299 Å². The van der Waals surface area contributed by atoms with Gasteiger partial charge >= 0.3 is 12.1 Å². The van der Waals surface area contributed by atoms with Crippen LogP contribution in [-0.4, -0.2) is 78.6 Å². The second-order valence-electron chi connectivity index (χ2n) is 14.3. The zero-order valence-electron chi connectivity index (χ0n) is 28.5. The van der Waals surface area contributed by atoms with Gasteiger partial charge in [-0.2, -0.15) is 15.0 Å². The number of carbonyl (C=O) groups excluding carboxylic acids is 3. The zero-order chi connectivity index (χ0) is 35.6. The van der Waals surface area contributed by atoms with E-state index in [0.29, 0.717) is 24.2 Å². The van der Waals surface area contributed by atoms with Crippen LogP contribution in [0.25, 0.3) is 22.5 Å². The first kappa shape index (κ1) is 35.3. The van der Waals surface area contributed by atoms with Crippen molar-refractivity contribution >= 4 is 39.8 Å². The number of carboxylic acids is 1. The zero-order valence-corrected chi connectivity index (χ0v) is 30.1. The molecule has 0 spiro atoms. The quantitative estimate of drug-likeness (QED) is 0.273. The number of carboxylic acid groups (broad SMARTS) is 1. The fourth-order valence-corrected chi connectivity index (χ4v) is 7.04. The molecule has 12 nitrogen and oxygen atoms in total. The van der Waals surface area contributed by atoms with Crippen LogP contribution in [-0.2, 0) is 19.1 Å². The molecular formula is C37H43BrN6O6. The molecule has 1 aliphatic carbocycles. The van der Waals surface area contributed by atoms with Crippen LogP contribution >= 0.6 is 15.9 Å². The molecule has 5 atom stereocenters. The molecule has 2 aliphatic heterocycles. The van der Waals surface area contributed by atoms with Gasteiger partial charge < -0.3 is 25.4 Å². The number of nitrogens with one attached hydrogen (secondary N) is 2. The van der Waals surface area contributed by atoms with E-state index < -0.39 is 53.1 Å². The van der Waals surface area contributed by atoms with Crippen molar-refractivity contribution in [3.8, 4) is 22.5 Å². The molecule has 3 amide bonds. The molecule has 1 saturated heterocycles. The summed E-state index contributed by atoms with van der Waals surface area (Å²) in [7, 11) is 0. The van der Waals surface area contributed by atoms with E-state index in [9.17, 15) is 24.3 Å². The van der Waals surface area contributed by atoms with Gasteiger partial charge in [0.25, 0.3) is 0 Å². The number of aliphatic carboxylic acids is 1. The van der Waals surface area contributed by atoms with E-state index in [1.165, 1.54) is 4.90 Å². The van der Waals surface area contributed by atoms with E-state index in [0.717, 1.165) is 34.9 Å². The summed E-state index contributed by atoms with van der Waals surface area (Å²) < 4.78 is 6.42. The molecule has 2 aromatic carbocycles. The Morgan fingerprint density at radius 2 is 1.68 bits per heavy atom. The van der Waals surface area contributed by atoms with Crippen molar-refractivity contribution in [2.45, 2.75) is 95.0 Å². The van der Waals surface area contributed by atoms with E-state index >= 15 is 0 Å². The number of rotatable bonds is 5. The predicted molar refractivity (Wildman–Crippen MR) is 190 cm³/mol. The van der Waals surface area contributed by atoms with Gasteiger partial charge in [-0.25, -0.2) is 9.59 Å². The van der Waals surface area contributed by atoms with Crippen LogP contribution in [0.15, 0.2) is 71.2 Å². The molecule has 3 N–H and O–H groups in total. The maximum atomic E-state index is 14.4. The van der Waals surface area contributed by atoms with E-state index in [-0.39, 0.29) is 25.3 Å². The number of amides is 3. The van der Waals surface area contributed by atoms with Gasteiger partial charge in [-0.1, -0.05) is 83.4 Å². The highest BCUT2D eigenvalue weighted by molar-refractivity contribution is 9.10. The molecule has 2 fully saturated rings. The van der Waals surface area contributed by atoms with Crippen molar-refractivity contribution < 1.29 is 29.0 Å². The third-order valence-electron chi connectivity index (χ3n) is 9.45. The van der Waals surface area contributed by atoms with Crippen molar-refractivity contribution in [1.29, 1.82) is 0 Å². The Morgan fingerprint density at radius 1 is 1.00 bits per heavy atom. The molecule has 6 rings (SSSR count). The number of fused-ring (bicyclic) bond motifs is 2. The number of hydrogen-bond donors (Lipinski definition) is 3. The van der Waals surface area contributed by atoms with Gasteiger partial charge in [0.2, 0.25) is 11.8 Å². The number of hydrogen-bond acceptors (Lipinski definition) is 7. The van der Waals surface area contributed by atoms with Crippen LogP contribution in [0, 0.1) is 5.92 Å². The summed E-state index contributed by atoms with van der Waals surface area (Å²) >= 11 is 3.50. The minimum atomic E-state index is -1.44. The standard InChI is InChI=1S/C37H43BrN6O6/c1-36(2,3)50-35(49)39-28-15-11-6-4-5-10-14-25-21-37(25,34(47)48)40-32(45)29-20-27(22-43(29)33(28)46)44-41-30(23-12-8-7-9-13-23)31(42-44)24-16-18-26(38)19-17-24/h7-10,12-14,16-19,25,27-29H,4-6,11,15,20-22H2,1-3H3,(H,39,49)(H,40,45)(H,47,48)/t25-,27+,28+,29+,37-/m1/s1. The lowest BCUT2D eigenvalue weighted by Crippen LogP contribution is -2.56. The predicted octanol–water partition coefficient (Wildman–Crippen LogP) is 5.89. The Kier molecular flexibility index (Phi) is 10.2. The largest absolute Gasteiger partial charge is 0.479 e. The molecule has 0 radical (unpaired) electrons. The van der Waals surface area contributed by atoms with Gasteiger partial charge in [0.15, 0.2) is 0 Å². The second-order valence-corrected chi connectivity index (χ2v) is 15.2. The monoisotopic (exact) mass is 746 g/mol. The number of allylic oxidation sites excluding steroid dienone is 1. The number of benzene rings is 2.